The van der Waals surface area contributed by atoms with E-state index in [1.165, 1.54) is 19.1 Å². The number of carboxylic acids is 1. The van der Waals surface area contributed by atoms with E-state index in [1.54, 1.807) is 48.7 Å². The molecule has 236 valence electrons. The molecule has 12 heteroatoms. The lowest BCUT2D eigenvalue weighted by Crippen LogP contribution is -2.59. The number of H-pyrrole nitrogens is 1. The maximum atomic E-state index is 13.8. The van der Waals surface area contributed by atoms with Gasteiger partial charge in [-0.05, 0) is 48.2 Å². The number of aliphatic hydroxyl groups excluding tert-OH is 1. The molecule has 0 saturated heterocycles. The smallest absolute Gasteiger partial charge is 0.328 e. The number of para-hydroxylation sites is 1. The highest BCUT2D eigenvalue weighted by Gasteiger charge is 2.32. The number of carbonyl (C=O) groups is 4. The molecule has 12 nitrogen and oxygen atoms in total. The average molecular weight is 616 g/mol. The van der Waals surface area contributed by atoms with Gasteiger partial charge in [0.25, 0.3) is 0 Å². The zero-order valence-electron chi connectivity index (χ0n) is 24.6. The summed E-state index contributed by atoms with van der Waals surface area (Å²) in [6.07, 6.45) is 0.578. The number of aromatic amines is 1. The van der Waals surface area contributed by atoms with Gasteiger partial charge in [-0.25, -0.2) is 4.79 Å². The molecule has 0 fully saturated rings. The van der Waals surface area contributed by atoms with Crippen LogP contribution in [-0.4, -0.2) is 74.3 Å². The van der Waals surface area contributed by atoms with Gasteiger partial charge >= 0.3 is 5.97 Å². The highest BCUT2D eigenvalue weighted by molar-refractivity contribution is 5.94. The molecule has 0 aliphatic rings. The molecule has 5 atom stereocenters. The normalized spacial score (nSPS) is 14.5. The molecule has 4 rings (SSSR count). The second kappa shape index (κ2) is 15.0. The van der Waals surface area contributed by atoms with Gasteiger partial charge in [-0.3, -0.25) is 14.4 Å². The fourth-order valence-corrected chi connectivity index (χ4v) is 4.96. The number of benzene rings is 3. The Kier molecular flexibility index (Phi) is 10.9. The lowest BCUT2D eigenvalue weighted by Gasteiger charge is -2.26. The van der Waals surface area contributed by atoms with Crippen LogP contribution in [0.15, 0.2) is 85.1 Å². The fourth-order valence-electron chi connectivity index (χ4n) is 4.96. The van der Waals surface area contributed by atoms with Crippen LogP contribution in [0.2, 0.25) is 0 Å². The molecule has 5 unspecified atom stereocenters. The maximum absolute atomic E-state index is 13.8. The van der Waals surface area contributed by atoms with E-state index in [0.29, 0.717) is 11.1 Å². The number of aromatic nitrogens is 1. The molecule has 0 spiro atoms. The molecule has 3 aromatic carbocycles. The first kappa shape index (κ1) is 32.7. The second-order valence-corrected chi connectivity index (χ2v) is 10.9. The number of hydrogen-bond acceptors (Lipinski definition) is 7. The topological polar surface area (TPSA) is 207 Å². The van der Waals surface area contributed by atoms with Crippen LogP contribution in [0.4, 0.5) is 0 Å². The van der Waals surface area contributed by atoms with Gasteiger partial charge in [0.15, 0.2) is 6.04 Å². The number of aliphatic hydroxyl groups is 1. The monoisotopic (exact) mass is 615 g/mol. The van der Waals surface area contributed by atoms with Crippen molar-refractivity contribution >= 4 is 34.6 Å². The van der Waals surface area contributed by atoms with Gasteiger partial charge in [-0.2, -0.15) is 0 Å². The largest absolute Gasteiger partial charge is 0.508 e. The molecule has 9 N–H and O–H groups in total. The second-order valence-electron chi connectivity index (χ2n) is 10.9. The van der Waals surface area contributed by atoms with E-state index in [9.17, 15) is 34.5 Å². The molecular weight excluding hydrogens is 578 g/mol. The van der Waals surface area contributed by atoms with Gasteiger partial charge in [-0.1, -0.05) is 60.7 Å². The van der Waals surface area contributed by atoms with Gasteiger partial charge in [0.05, 0.1) is 12.1 Å². The Bertz CT molecular complexity index is 1620. The number of phenolic OH excluding ortho intramolecular Hbond substituents is 1. The lowest BCUT2D eigenvalue weighted by molar-refractivity contribution is -0.145. The summed E-state index contributed by atoms with van der Waals surface area (Å²) in [6.45, 7) is 1.23. The standard InChI is InChI=1S/C33H37N5O7/c1-19(39)29(33(44)45)38-32(43)28(15-20-7-3-2-4-8-20)37-31(42)27(16-21-11-13-23(40)14-12-21)36-30(41)25(34)17-22-18-35-26-10-6-5-9-24(22)26/h2-14,18-19,25,27-29,35,39-40H,15-17,34H2,1H3,(H,36,41)(H,37,42)(H,38,43)(H,44,45). The summed E-state index contributed by atoms with van der Waals surface area (Å²) >= 11 is 0. The highest BCUT2D eigenvalue weighted by Crippen LogP contribution is 2.19. The number of nitrogens with one attached hydrogen (secondary N) is 4. The number of carbonyl (C=O) groups excluding carboxylic acids is 3. The zero-order chi connectivity index (χ0) is 32.5. The summed E-state index contributed by atoms with van der Waals surface area (Å²) in [6, 6.07) is 17.4. The number of hydrogen-bond donors (Lipinski definition) is 8. The molecule has 3 amide bonds. The number of fused-ring (bicyclic) bond motifs is 1. The van der Waals surface area contributed by atoms with Crippen LogP contribution in [0.1, 0.15) is 23.6 Å². The van der Waals surface area contributed by atoms with Gasteiger partial charge in [0.2, 0.25) is 17.7 Å². The third-order valence-electron chi connectivity index (χ3n) is 7.42. The van der Waals surface area contributed by atoms with Crippen LogP contribution < -0.4 is 21.7 Å². The van der Waals surface area contributed by atoms with E-state index >= 15 is 0 Å². The number of amides is 3. The van der Waals surface area contributed by atoms with Crippen molar-refractivity contribution < 1.29 is 34.5 Å². The lowest BCUT2D eigenvalue weighted by atomic mass is 10.0. The molecule has 0 saturated carbocycles. The van der Waals surface area contributed by atoms with E-state index in [0.717, 1.165) is 16.5 Å². The number of aromatic hydroxyl groups is 1. The molecule has 0 aliphatic heterocycles. The van der Waals surface area contributed by atoms with Crippen LogP contribution >= 0.6 is 0 Å². The SMILES string of the molecule is CC(O)C(NC(=O)C(Cc1ccccc1)NC(=O)C(Cc1ccc(O)cc1)NC(=O)C(N)Cc1c[nH]c2ccccc12)C(=O)O. The zero-order valence-corrected chi connectivity index (χ0v) is 24.6. The molecular formula is C33H37N5O7. The first-order valence-corrected chi connectivity index (χ1v) is 14.5. The van der Waals surface area contributed by atoms with Crippen molar-refractivity contribution in [1.29, 1.82) is 0 Å². The van der Waals surface area contributed by atoms with E-state index in [2.05, 4.69) is 20.9 Å². The predicted octanol–water partition coefficient (Wildman–Crippen LogP) is 1.15. The van der Waals surface area contributed by atoms with Crippen LogP contribution in [-0.2, 0) is 38.4 Å². The Morgan fingerprint density at radius 1 is 0.756 bits per heavy atom. The minimum absolute atomic E-state index is 0.00274. The fraction of sp³-hybridized carbons (Fsp3) is 0.273. The van der Waals surface area contributed by atoms with Crippen molar-refractivity contribution in [2.75, 3.05) is 0 Å². The summed E-state index contributed by atoms with van der Waals surface area (Å²) in [5.74, 6) is -3.55. The number of aliphatic carboxylic acids is 1. The minimum atomic E-state index is -1.61. The Labute approximate surface area is 259 Å². The summed E-state index contributed by atoms with van der Waals surface area (Å²) in [7, 11) is 0. The van der Waals surface area contributed by atoms with E-state index in [4.69, 9.17) is 5.73 Å². The van der Waals surface area contributed by atoms with Crippen molar-refractivity contribution in [3.63, 3.8) is 0 Å². The van der Waals surface area contributed by atoms with Crippen molar-refractivity contribution in [3.8, 4) is 5.75 Å². The summed E-state index contributed by atoms with van der Waals surface area (Å²) < 4.78 is 0. The van der Waals surface area contributed by atoms with Crippen LogP contribution in [0.25, 0.3) is 10.9 Å². The number of nitrogens with two attached hydrogens (primary N) is 1. The van der Waals surface area contributed by atoms with Crippen LogP contribution in [0, 0.1) is 0 Å². The first-order chi connectivity index (χ1) is 21.5. The first-order valence-electron chi connectivity index (χ1n) is 14.5. The van der Waals surface area contributed by atoms with E-state index < -0.39 is 54.0 Å². The molecule has 45 heavy (non-hydrogen) atoms. The molecule has 1 heterocycles. The number of carboxylic acid groups (broad SMARTS) is 1. The van der Waals surface area contributed by atoms with Gasteiger partial charge < -0.3 is 42.0 Å². The summed E-state index contributed by atoms with van der Waals surface area (Å²) in [5.41, 5.74) is 9.31. The maximum Gasteiger partial charge on any atom is 0.328 e. The van der Waals surface area contributed by atoms with Crippen molar-refractivity contribution in [1.82, 2.24) is 20.9 Å². The highest BCUT2D eigenvalue weighted by atomic mass is 16.4. The predicted molar refractivity (Wildman–Crippen MR) is 167 cm³/mol. The molecule has 0 bridgehead atoms. The summed E-state index contributed by atoms with van der Waals surface area (Å²) in [5, 5.41) is 37.7. The molecule has 0 radical (unpaired) electrons. The third kappa shape index (κ3) is 8.91. The minimum Gasteiger partial charge on any atom is -0.508 e. The van der Waals surface area contributed by atoms with Crippen LogP contribution in [0.5, 0.6) is 5.75 Å². The van der Waals surface area contributed by atoms with Gasteiger partial charge in [-0.15, -0.1) is 0 Å². The van der Waals surface area contributed by atoms with Gasteiger partial charge in [0.1, 0.15) is 17.8 Å². The number of rotatable bonds is 14. The molecule has 4 aromatic rings. The number of phenols is 1. The average Bonchev–Trinajstić information content (AvgIpc) is 3.42. The Hall–Kier alpha value is -5.20. The van der Waals surface area contributed by atoms with E-state index in [-0.39, 0.29) is 25.0 Å². The molecule has 1 aromatic heterocycles. The Morgan fingerprint density at radius 2 is 1.31 bits per heavy atom. The summed E-state index contributed by atoms with van der Waals surface area (Å²) in [4.78, 5) is 55.2. The van der Waals surface area contributed by atoms with Crippen molar-refractivity contribution in [3.05, 3.63) is 102 Å². The third-order valence-corrected chi connectivity index (χ3v) is 7.42. The molecule has 0 aliphatic carbocycles. The van der Waals surface area contributed by atoms with Gasteiger partial charge in [0, 0.05) is 29.9 Å². The van der Waals surface area contributed by atoms with E-state index in [1.807, 2.05) is 24.3 Å². The van der Waals surface area contributed by atoms with Crippen LogP contribution in [0.3, 0.4) is 0 Å². The Balaban J connectivity index is 1.55. The van der Waals surface area contributed by atoms with Crippen molar-refractivity contribution in [2.45, 2.75) is 56.5 Å². The quantitative estimate of drug-likeness (QED) is 0.103. The Morgan fingerprint density at radius 3 is 1.93 bits per heavy atom. The van der Waals surface area contributed by atoms with Crippen molar-refractivity contribution in [2.24, 2.45) is 5.73 Å².